The highest BCUT2D eigenvalue weighted by molar-refractivity contribution is 5.68. The molecule has 1 amide bonds. The van der Waals surface area contributed by atoms with Gasteiger partial charge in [0.2, 0.25) is 5.88 Å². The van der Waals surface area contributed by atoms with Crippen LogP contribution in [0.2, 0.25) is 0 Å². The van der Waals surface area contributed by atoms with Crippen molar-refractivity contribution in [2.24, 2.45) is 0 Å². The fraction of sp³-hybridized carbons (Fsp3) is 0.538. The van der Waals surface area contributed by atoms with Crippen molar-refractivity contribution in [3.63, 3.8) is 0 Å². The van der Waals surface area contributed by atoms with E-state index in [2.05, 4.69) is 15.2 Å². The van der Waals surface area contributed by atoms with E-state index in [9.17, 15) is 28.1 Å². The molecule has 1 saturated carbocycles. The van der Waals surface area contributed by atoms with Gasteiger partial charge in [0.05, 0.1) is 11.5 Å². The number of carbonyl (C=O) groups excluding carboxylic acids is 1. The van der Waals surface area contributed by atoms with Crippen molar-refractivity contribution < 1.29 is 32.4 Å². The van der Waals surface area contributed by atoms with Crippen LogP contribution in [0.1, 0.15) is 44.6 Å². The van der Waals surface area contributed by atoms with Gasteiger partial charge in [-0.25, -0.2) is 9.78 Å². The third-order valence-corrected chi connectivity index (χ3v) is 6.88. The van der Waals surface area contributed by atoms with Crippen molar-refractivity contribution >= 4 is 23.2 Å². The van der Waals surface area contributed by atoms with Gasteiger partial charge in [0.25, 0.3) is 5.69 Å². The Bertz CT molecular complexity index is 1150. The standard InChI is InChI=1S/C26H32F3N5O5/c1-2-15-38-25(35)33-13-11-32(12-14-33)20-9-10-30-24(17-20)39-21-6-3-18(4-7-21)31-19-5-8-23(34(36)37)22(16-19)26(27,28)29/h5,8-10,16-18,21,31H,2-4,6-7,11-15H2,1H3. The minimum atomic E-state index is -4.82. The molecule has 2 aromatic rings. The lowest BCUT2D eigenvalue weighted by Crippen LogP contribution is -2.49. The maximum atomic E-state index is 13.3. The minimum absolute atomic E-state index is 0.0769. The van der Waals surface area contributed by atoms with E-state index in [0.29, 0.717) is 64.3 Å². The first-order chi connectivity index (χ1) is 18.6. The van der Waals surface area contributed by atoms with Gasteiger partial charge >= 0.3 is 12.3 Å². The summed E-state index contributed by atoms with van der Waals surface area (Å²) in [6, 6.07) is 6.69. The van der Waals surface area contributed by atoms with Crippen LogP contribution in [0.5, 0.6) is 5.88 Å². The highest BCUT2D eigenvalue weighted by atomic mass is 19.4. The first-order valence-corrected chi connectivity index (χ1v) is 13.1. The number of ether oxygens (including phenoxy) is 2. The number of benzene rings is 1. The zero-order chi connectivity index (χ0) is 28.0. The van der Waals surface area contributed by atoms with Gasteiger partial charge in [0, 0.05) is 61.9 Å². The molecule has 2 heterocycles. The van der Waals surface area contributed by atoms with Gasteiger partial charge in [-0.3, -0.25) is 10.1 Å². The number of nitro groups is 1. The molecule has 0 radical (unpaired) electrons. The summed E-state index contributed by atoms with van der Waals surface area (Å²) >= 11 is 0. The molecule has 0 unspecified atom stereocenters. The average Bonchev–Trinajstić information content (AvgIpc) is 2.92. The minimum Gasteiger partial charge on any atom is -0.474 e. The van der Waals surface area contributed by atoms with Crippen molar-refractivity contribution in [2.45, 2.75) is 57.3 Å². The van der Waals surface area contributed by atoms with Crippen LogP contribution in [0.15, 0.2) is 36.5 Å². The molecule has 0 atom stereocenters. The number of nitrogens with zero attached hydrogens (tertiary/aromatic N) is 4. The fourth-order valence-corrected chi connectivity index (χ4v) is 4.83. The van der Waals surface area contributed by atoms with Crippen LogP contribution in [0.3, 0.4) is 0 Å². The van der Waals surface area contributed by atoms with E-state index in [1.54, 1.807) is 11.1 Å². The zero-order valence-corrected chi connectivity index (χ0v) is 21.7. The van der Waals surface area contributed by atoms with Crippen LogP contribution >= 0.6 is 0 Å². The molecule has 4 rings (SSSR count). The first kappa shape index (κ1) is 28.2. The molecular weight excluding hydrogens is 519 g/mol. The summed E-state index contributed by atoms with van der Waals surface area (Å²) in [5.41, 5.74) is -1.07. The predicted octanol–water partition coefficient (Wildman–Crippen LogP) is 5.48. The molecule has 1 saturated heterocycles. The maximum absolute atomic E-state index is 13.3. The summed E-state index contributed by atoms with van der Waals surface area (Å²) < 4.78 is 51.2. The van der Waals surface area contributed by atoms with Crippen LogP contribution < -0.4 is 15.0 Å². The molecule has 0 bridgehead atoms. The van der Waals surface area contributed by atoms with Gasteiger partial charge in [0.1, 0.15) is 11.7 Å². The van der Waals surface area contributed by atoms with Gasteiger partial charge in [0.15, 0.2) is 0 Å². The van der Waals surface area contributed by atoms with Crippen LogP contribution in [0.4, 0.5) is 35.0 Å². The van der Waals surface area contributed by atoms with Gasteiger partial charge < -0.3 is 24.6 Å². The third kappa shape index (κ3) is 7.42. The number of rotatable bonds is 8. The summed E-state index contributed by atoms with van der Waals surface area (Å²) in [6.07, 6.45) is -0.0201. The Labute approximate surface area is 224 Å². The number of nitro benzene ring substituents is 1. The maximum Gasteiger partial charge on any atom is 0.423 e. The number of nitrogens with one attached hydrogen (secondary N) is 1. The second kappa shape index (κ2) is 12.4. The molecule has 1 aromatic heterocycles. The number of piperazine rings is 1. The molecule has 1 N–H and O–H groups in total. The smallest absolute Gasteiger partial charge is 0.423 e. The Morgan fingerprint density at radius 2 is 1.85 bits per heavy atom. The zero-order valence-electron chi connectivity index (χ0n) is 21.7. The molecule has 1 aliphatic carbocycles. The summed E-state index contributed by atoms with van der Waals surface area (Å²) in [5, 5.41) is 14.1. The number of alkyl halides is 3. The first-order valence-electron chi connectivity index (χ1n) is 13.1. The molecule has 1 aromatic carbocycles. The van der Waals surface area contributed by atoms with Crippen LogP contribution in [0, 0.1) is 10.1 Å². The van der Waals surface area contributed by atoms with Gasteiger partial charge in [-0.2, -0.15) is 13.2 Å². The Hall–Kier alpha value is -3.77. The Morgan fingerprint density at radius 3 is 2.49 bits per heavy atom. The fourth-order valence-electron chi connectivity index (χ4n) is 4.83. The highest BCUT2D eigenvalue weighted by Crippen LogP contribution is 2.38. The molecule has 13 heteroatoms. The van der Waals surface area contributed by atoms with Gasteiger partial charge in [-0.1, -0.05) is 6.92 Å². The number of hydrogen-bond donors (Lipinski definition) is 1. The predicted molar refractivity (Wildman–Crippen MR) is 138 cm³/mol. The summed E-state index contributed by atoms with van der Waals surface area (Å²) in [5.74, 6) is 0.499. The Morgan fingerprint density at radius 1 is 1.13 bits per heavy atom. The topological polar surface area (TPSA) is 110 Å². The molecule has 2 aliphatic rings. The largest absolute Gasteiger partial charge is 0.474 e. The monoisotopic (exact) mass is 551 g/mol. The van der Waals surface area contributed by atoms with E-state index in [4.69, 9.17) is 9.47 Å². The number of anilines is 2. The van der Waals surface area contributed by atoms with E-state index in [0.717, 1.165) is 24.2 Å². The summed E-state index contributed by atoms with van der Waals surface area (Å²) in [7, 11) is 0. The average molecular weight is 552 g/mol. The normalized spacial score (nSPS) is 19.9. The number of pyridine rings is 1. The van der Waals surface area contributed by atoms with E-state index < -0.39 is 22.4 Å². The summed E-state index contributed by atoms with van der Waals surface area (Å²) in [4.78, 5) is 30.2. The molecular formula is C26H32F3N5O5. The van der Waals surface area contributed by atoms with E-state index in [1.807, 2.05) is 19.1 Å². The van der Waals surface area contributed by atoms with Crippen molar-refractivity contribution in [3.8, 4) is 5.88 Å². The number of carbonyl (C=O) groups is 1. The van der Waals surface area contributed by atoms with Crippen LogP contribution in [-0.4, -0.2) is 65.8 Å². The lowest BCUT2D eigenvalue weighted by atomic mass is 9.92. The second-order valence-corrected chi connectivity index (χ2v) is 9.66. The Balaban J connectivity index is 1.27. The van der Waals surface area contributed by atoms with E-state index >= 15 is 0 Å². The molecule has 39 heavy (non-hydrogen) atoms. The van der Waals surface area contributed by atoms with Gasteiger partial charge in [-0.15, -0.1) is 0 Å². The molecule has 10 nitrogen and oxygen atoms in total. The SMILES string of the molecule is CCCOC(=O)N1CCN(c2ccnc(OC3CCC(Nc4ccc([N+](=O)[O-])c(C(F)(F)F)c4)CC3)c2)CC1. The van der Waals surface area contributed by atoms with Crippen molar-refractivity contribution in [3.05, 3.63) is 52.2 Å². The summed E-state index contributed by atoms with van der Waals surface area (Å²) in [6.45, 7) is 4.84. The van der Waals surface area contributed by atoms with Crippen molar-refractivity contribution in [2.75, 3.05) is 43.0 Å². The highest BCUT2D eigenvalue weighted by Gasteiger charge is 2.38. The van der Waals surface area contributed by atoms with Crippen molar-refractivity contribution in [1.82, 2.24) is 9.88 Å². The number of halogens is 3. The second-order valence-electron chi connectivity index (χ2n) is 9.66. The Kier molecular flexibility index (Phi) is 8.97. The van der Waals surface area contributed by atoms with E-state index in [1.165, 1.54) is 6.07 Å². The van der Waals surface area contributed by atoms with Crippen molar-refractivity contribution in [1.29, 1.82) is 0 Å². The molecule has 1 aliphatic heterocycles. The number of hydrogen-bond acceptors (Lipinski definition) is 8. The lowest BCUT2D eigenvalue weighted by molar-refractivity contribution is -0.388. The molecule has 0 spiro atoms. The van der Waals surface area contributed by atoms with Gasteiger partial charge in [-0.05, 0) is 50.3 Å². The quantitative estimate of drug-likeness (QED) is 0.339. The molecule has 212 valence electrons. The number of aromatic nitrogens is 1. The lowest BCUT2D eigenvalue weighted by Gasteiger charge is -2.35. The van der Waals surface area contributed by atoms with E-state index in [-0.39, 0.29) is 23.9 Å². The third-order valence-electron chi connectivity index (χ3n) is 6.88. The number of amides is 1. The van der Waals surface area contributed by atoms with Crippen LogP contribution in [-0.2, 0) is 10.9 Å². The van der Waals surface area contributed by atoms with Crippen LogP contribution in [0.25, 0.3) is 0 Å². The molecule has 2 fully saturated rings.